The van der Waals surface area contributed by atoms with E-state index in [1.807, 2.05) is 18.2 Å². The van der Waals surface area contributed by atoms with Gasteiger partial charge < -0.3 is 19.5 Å². The maximum atomic E-state index is 11.7. The van der Waals surface area contributed by atoms with Crippen LogP contribution in [0.4, 0.5) is 0 Å². The lowest BCUT2D eigenvalue weighted by Crippen LogP contribution is -2.26. The molecular formula is C14H19NO4. The third kappa shape index (κ3) is 4.13. The zero-order valence-corrected chi connectivity index (χ0v) is 11.1. The number of fused-ring (bicyclic) bond motifs is 1. The SMILES string of the molecule is COCCCNC(=O)Cc1ccc2c(c1)OCCO2. The van der Waals surface area contributed by atoms with Crippen molar-refractivity contribution in [1.82, 2.24) is 5.32 Å². The largest absolute Gasteiger partial charge is 0.486 e. The predicted molar refractivity (Wildman–Crippen MR) is 70.6 cm³/mol. The standard InChI is InChI=1S/C14H19NO4/c1-17-6-2-5-15-14(16)10-11-3-4-12-13(9-11)19-8-7-18-12/h3-4,9H,2,5-8,10H2,1H3,(H,15,16). The first-order valence-electron chi connectivity index (χ1n) is 6.44. The van der Waals surface area contributed by atoms with E-state index in [-0.39, 0.29) is 5.91 Å². The second-order valence-corrected chi connectivity index (χ2v) is 4.35. The Morgan fingerprint density at radius 3 is 2.89 bits per heavy atom. The Bertz CT molecular complexity index is 433. The van der Waals surface area contributed by atoms with E-state index in [1.54, 1.807) is 7.11 Å². The van der Waals surface area contributed by atoms with Crippen LogP contribution in [0.25, 0.3) is 0 Å². The molecular weight excluding hydrogens is 246 g/mol. The highest BCUT2D eigenvalue weighted by Crippen LogP contribution is 2.30. The maximum Gasteiger partial charge on any atom is 0.224 e. The lowest BCUT2D eigenvalue weighted by molar-refractivity contribution is -0.120. The van der Waals surface area contributed by atoms with Crippen LogP contribution in [0, 0.1) is 0 Å². The van der Waals surface area contributed by atoms with Crippen LogP contribution in [0.1, 0.15) is 12.0 Å². The highest BCUT2D eigenvalue weighted by molar-refractivity contribution is 5.78. The molecule has 1 N–H and O–H groups in total. The van der Waals surface area contributed by atoms with Crippen LogP contribution in [-0.2, 0) is 16.0 Å². The molecule has 1 aliphatic rings. The average Bonchev–Trinajstić information content (AvgIpc) is 2.43. The number of amides is 1. The van der Waals surface area contributed by atoms with Crippen LogP contribution < -0.4 is 14.8 Å². The van der Waals surface area contributed by atoms with E-state index in [2.05, 4.69) is 5.32 Å². The second-order valence-electron chi connectivity index (χ2n) is 4.35. The van der Waals surface area contributed by atoms with Crippen molar-refractivity contribution in [3.05, 3.63) is 23.8 Å². The Morgan fingerprint density at radius 2 is 2.11 bits per heavy atom. The number of hydrogen-bond donors (Lipinski definition) is 1. The van der Waals surface area contributed by atoms with E-state index in [0.29, 0.717) is 32.8 Å². The Hall–Kier alpha value is -1.75. The average molecular weight is 265 g/mol. The zero-order chi connectivity index (χ0) is 13.5. The van der Waals surface area contributed by atoms with E-state index >= 15 is 0 Å². The molecule has 0 radical (unpaired) electrons. The summed E-state index contributed by atoms with van der Waals surface area (Å²) < 4.78 is 15.8. The van der Waals surface area contributed by atoms with Crippen LogP contribution in [0.15, 0.2) is 18.2 Å². The van der Waals surface area contributed by atoms with Gasteiger partial charge in [0, 0.05) is 20.3 Å². The van der Waals surface area contributed by atoms with Crippen molar-refractivity contribution >= 4 is 5.91 Å². The molecule has 0 saturated carbocycles. The molecule has 0 aliphatic carbocycles. The number of hydrogen-bond acceptors (Lipinski definition) is 4. The molecule has 1 aromatic carbocycles. The van der Waals surface area contributed by atoms with Gasteiger partial charge in [0.15, 0.2) is 11.5 Å². The van der Waals surface area contributed by atoms with Crippen molar-refractivity contribution in [3.8, 4) is 11.5 Å². The van der Waals surface area contributed by atoms with Gasteiger partial charge in [-0.2, -0.15) is 0 Å². The fourth-order valence-corrected chi connectivity index (χ4v) is 1.89. The molecule has 0 aromatic heterocycles. The summed E-state index contributed by atoms with van der Waals surface area (Å²) in [6, 6.07) is 5.60. The lowest BCUT2D eigenvalue weighted by atomic mass is 10.1. The quantitative estimate of drug-likeness (QED) is 0.784. The molecule has 5 nitrogen and oxygen atoms in total. The first-order valence-corrected chi connectivity index (χ1v) is 6.44. The molecule has 0 bridgehead atoms. The van der Waals surface area contributed by atoms with Crippen LogP contribution in [-0.4, -0.2) is 39.4 Å². The van der Waals surface area contributed by atoms with E-state index < -0.39 is 0 Å². The van der Waals surface area contributed by atoms with Gasteiger partial charge in [-0.05, 0) is 24.1 Å². The van der Waals surface area contributed by atoms with Crippen molar-refractivity contribution in [3.63, 3.8) is 0 Å². The number of carbonyl (C=O) groups is 1. The van der Waals surface area contributed by atoms with Gasteiger partial charge >= 0.3 is 0 Å². The summed E-state index contributed by atoms with van der Waals surface area (Å²) in [5.41, 5.74) is 0.925. The molecule has 0 unspecified atom stereocenters. The van der Waals surface area contributed by atoms with E-state index in [9.17, 15) is 4.79 Å². The van der Waals surface area contributed by atoms with Crippen LogP contribution >= 0.6 is 0 Å². The van der Waals surface area contributed by atoms with Crippen LogP contribution in [0.5, 0.6) is 11.5 Å². The Labute approximate surface area is 112 Å². The fourth-order valence-electron chi connectivity index (χ4n) is 1.89. The summed E-state index contributed by atoms with van der Waals surface area (Å²) in [5, 5.41) is 2.86. The van der Waals surface area contributed by atoms with Gasteiger partial charge in [0.05, 0.1) is 6.42 Å². The highest BCUT2D eigenvalue weighted by Gasteiger charge is 2.12. The molecule has 0 spiro atoms. The first-order chi connectivity index (χ1) is 9.29. The van der Waals surface area contributed by atoms with Crippen molar-refractivity contribution in [2.75, 3.05) is 33.5 Å². The Morgan fingerprint density at radius 1 is 1.32 bits per heavy atom. The minimum absolute atomic E-state index is 0.00720. The Balaban J connectivity index is 1.83. The summed E-state index contributed by atoms with van der Waals surface area (Å²) in [6.07, 6.45) is 1.17. The van der Waals surface area contributed by atoms with Gasteiger partial charge in [-0.3, -0.25) is 4.79 Å². The monoisotopic (exact) mass is 265 g/mol. The van der Waals surface area contributed by atoms with Crippen LogP contribution in [0.2, 0.25) is 0 Å². The summed E-state index contributed by atoms with van der Waals surface area (Å²) in [6.45, 7) is 2.42. The molecule has 1 aromatic rings. The van der Waals surface area contributed by atoms with Gasteiger partial charge in [0.2, 0.25) is 5.91 Å². The van der Waals surface area contributed by atoms with Crippen molar-refractivity contribution < 1.29 is 19.0 Å². The minimum atomic E-state index is 0.00720. The lowest BCUT2D eigenvalue weighted by Gasteiger charge is -2.18. The maximum absolute atomic E-state index is 11.7. The molecule has 1 heterocycles. The van der Waals surface area contributed by atoms with E-state index in [0.717, 1.165) is 23.5 Å². The zero-order valence-electron chi connectivity index (χ0n) is 11.1. The molecule has 5 heteroatoms. The molecule has 1 amide bonds. The summed E-state index contributed by atoms with van der Waals surface area (Å²) in [7, 11) is 1.65. The first kappa shape index (κ1) is 13.7. The van der Waals surface area contributed by atoms with Gasteiger partial charge in [-0.1, -0.05) is 6.07 Å². The minimum Gasteiger partial charge on any atom is -0.486 e. The van der Waals surface area contributed by atoms with Gasteiger partial charge in [-0.15, -0.1) is 0 Å². The van der Waals surface area contributed by atoms with E-state index in [4.69, 9.17) is 14.2 Å². The molecule has 2 rings (SSSR count). The third-order valence-corrected chi connectivity index (χ3v) is 2.82. The van der Waals surface area contributed by atoms with Crippen molar-refractivity contribution in [2.24, 2.45) is 0 Å². The van der Waals surface area contributed by atoms with Crippen molar-refractivity contribution in [2.45, 2.75) is 12.8 Å². The molecule has 0 fully saturated rings. The molecule has 104 valence electrons. The van der Waals surface area contributed by atoms with Crippen LogP contribution in [0.3, 0.4) is 0 Å². The van der Waals surface area contributed by atoms with Gasteiger partial charge in [-0.25, -0.2) is 0 Å². The van der Waals surface area contributed by atoms with E-state index in [1.165, 1.54) is 0 Å². The number of ether oxygens (including phenoxy) is 3. The third-order valence-electron chi connectivity index (χ3n) is 2.82. The second kappa shape index (κ2) is 6.99. The molecule has 0 saturated heterocycles. The highest BCUT2D eigenvalue weighted by atomic mass is 16.6. The number of benzene rings is 1. The molecule has 1 aliphatic heterocycles. The Kier molecular flexibility index (Phi) is 5.03. The normalized spacial score (nSPS) is 13.1. The van der Waals surface area contributed by atoms with Gasteiger partial charge in [0.25, 0.3) is 0 Å². The predicted octanol–water partition coefficient (Wildman–Crippen LogP) is 1.15. The number of carbonyl (C=O) groups excluding carboxylic acids is 1. The number of nitrogens with one attached hydrogen (secondary N) is 1. The summed E-state index contributed by atoms with van der Waals surface area (Å²) >= 11 is 0. The summed E-state index contributed by atoms with van der Waals surface area (Å²) in [5.74, 6) is 1.47. The van der Waals surface area contributed by atoms with Gasteiger partial charge in [0.1, 0.15) is 13.2 Å². The molecule has 19 heavy (non-hydrogen) atoms. The fraction of sp³-hybridized carbons (Fsp3) is 0.500. The topological polar surface area (TPSA) is 56.8 Å². The number of rotatable bonds is 6. The smallest absolute Gasteiger partial charge is 0.224 e. The summed E-state index contributed by atoms with van der Waals surface area (Å²) in [4.78, 5) is 11.7. The van der Waals surface area contributed by atoms with Crippen molar-refractivity contribution in [1.29, 1.82) is 0 Å². The number of methoxy groups -OCH3 is 1. The molecule has 0 atom stereocenters.